The highest BCUT2D eigenvalue weighted by Gasteiger charge is 2.13. The summed E-state index contributed by atoms with van der Waals surface area (Å²) in [6, 6.07) is 10.4. The normalized spacial score (nSPS) is 10.4. The van der Waals surface area contributed by atoms with Gasteiger partial charge < -0.3 is 10.5 Å². The number of hydrogen-bond acceptors (Lipinski definition) is 5. The third-order valence-corrected chi connectivity index (χ3v) is 4.03. The van der Waals surface area contributed by atoms with Crippen LogP contribution >= 0.6 is 11.3 Å². The Kier molecular flexibility index (Phi) is 4.43. The predicted molar refractivity (Wildman–Crippen MR) is 92.1 cm³/mol. The number of ether oxygens (including phenoxy) is 1. The van der Waals surface area contributed by atoms with Crippen LogP contribution in [0.2, 0.25) is 0 Å². The van der Waals surface area contributed by atoms with E-state index in [1.165, 1.54) is 41.7 Å². The molecule has 1 amide bonds. The third-order valence-electron chi connectivity index (χ3n) is 3.16. The summed E-state index contributed by atoms with van der Waals surface area (Å²) in [5, 5.41) is 5.04. The zero-order chi connectivity index (χ0) is 17.1. The minimum Gasteiger partial charge on any atom is -0.457 e. The van der Waals surface area contributed by atoms with Crippen LogP contribution in [0.4, 0.5) is 15.2 Å². The van der Waals surface area contributed by atoms with Crippen LogP contribution in [-0.4, -0.2) is 10.9 Å². The molecule has 0 aliphatic rings. The molecule has 0 aliphatic carbocycles. The van der Waals surface area contributed by atoms with Crippen LogP contribution in [0, 0.1) is 12.7 Å². The number of carbonyl (C=O) groups excluding carboxylic acids is 1. The first-order valence-corrected chi connectivity index (χ1v) is 7.95. The van der Waals surface area contributed by atoms with Gasteiger partial charge in [0, 0.05) is 11.1 Å². The third kappa shape index (κ3) is 3.69. The summed E-state index contributed by atoms with van der Waals surface area (Å²) >= 11 is 1.34. The maximum atomic E-state index is 12.9. The van der Waals surface area contributed by atoms with Crippen LogP contribution in [0.1, 0.15) is 16.1 Å². The number of aromatic nitrogens is 1. The van der Waals surface area contributed by atoms with Crippen molar-refractivity contribution in [1.29, 1.82) is 0 Å². The molecule has 3 rings (SSSR count). The Morgan fingerprint density at radius 1 is 1.21 bits per heavy atom. The zero-order valence-corrected chi connectivity index (χ0v) is 13.6. The summed E-state index contributed by atoms with van der Waals surface area (Å²) in [4.78, 5) is 16.5. The lowest BCUT2D eigenvalue weighted by atomic mass is 10.1. The number of nitrogens with one attached hydrogen (secondary N) is 1. The first kappa shape index (κ1) is 15.9. The molecular formula is C17H14FN3O2S. The summed E-state index contributed by atoms with van der Waals surface area (Å²) in [5.74, 6) is 0.171. The second kappa shape index (κ2) is 6.67. The predicted octanol–water partition coefficient (Wildman–Crippen LogP) is 4.22. The van der Waals surface area contributed by atoms with Gasteiger partial charge in [-0.25, -0.2) is 9.37 Å². The number of anilines is 2. The van der Waals surface area contributed by atoms with E-state index in [0.29, 0.717) is 22.3 Å². The monoisotopic (exact) mass is 343 g/mol. The van der Waals surface area contributed by atoms with E-state index in [9.17, 15) is 9.18 Å². The Labute approximate surface area is 141 Å². The average molecular weight is 343 g/mol. The highest BCUT2D eigenvalue weighted by Crippen LogP contribution is 2.26. The SMILES string of the molecule is Cc1csc(NC(=O)c2cc(Oc3ccc(F)cc3)ccc2N)n1. The van der Waals surface area contributed by atoms with Crippen molar-refractivity contribution in [1.82, 2.24) is 4.98 Å². The van der Waals surface area contributed by atoms with Crippen molar-refractivity contribution in [3.05, 3.63) is 64.9 Å². The Morgan fingerprint density at radius 3 is 2.58 bits per heavy atom. The van der Waals surface area contributed by atoms with E-state index in [1.54, 1.807) is 12.1 Å². The second-order valence-electron chi connectivity index (χ2n) is 5.05. The maximum Gasteiger partial charge on any atom is 0.259 e. The molecule has 0 saturated carbocycles. The summed E-state index contributed by atoms with van der Waals surface area (Å²) in [7, 11) is 0. The number of rotatable bonds is 4. The number of amides is 1. The number of nitrogen functional groups attached to an aromatic ring is 1. The fourth-order valence-electron chi connectivity index (χ4n) is 2.01. The second-order valence-corrected chi connectivity index (χ2v) is 5.91. The number of thiazole rings is 1. The number of aryl methyl sites for hydroxylation is 1. The fourth-order valence-corrected chi connectivity index (χ4v) is 2.69. The lowest BCUT2D eigenvalue weighted by Crippen LogP contribution is -2.14. The van der Waals surface area contributed by atoms with Crippen LogP contribution in [0.3, 0.4) is 0 Å². The van der Waals surface area contributed by atoms with Gasteiger partial charge in [0.2, 0.25) is 0 Å². The molecule has 24 heavy (non-hydrogen) atoms. The minimum atomic E-state index is -0.369. The van der Waals surface area contributed by atoms with Gasteiger partial charge in [0.15, 0.2) is 5.13 Å². The number of nitrogens with two attached hydrogens (primary N) is 1. The molecule has 1 aromatic heterocycles. The Hall–Kier alpha value is -2.93. The molecule has 0 atom stereocenters. The standard InChI is InChI=1S/C17H14FN3O2S/c1-10-9-24-17(20-10)21-16(22)14-8-13(6-7-15(14)19)23-12-4-2-11(18)3-5-12/h2-9H,19H2,1H3,(H,20,21,22). The average Bonchev–Trinajstić information content (AvgIpc) is 2.96. The van der Waals surface area contributed by atoms with Crippen molar-refractivity contribution in [2.45, 2.75) is 6.92 Å². The van der Waals surface area contributed by atoms with E-state index in [1.807, 2.05) is 12.3 Å². The molecule has 0 bridgehead atoms. The topological polar surface area (TPSA) is 77.2 Å². The molecule has 0 unspecified atom stereocenters. The Bertz CT molecular complexity index is 878. The Morgan fingerprint density at radius 2 is 1.92 bits per heavy atom. The van der Waals surface area contributed by atoms with E-state index >= 15 is 0 Å². The van der Waals surface area contributed by atoms with Crippen molar-refractivity contribution in [3.8, 4) is 11.5 Å². The van der Waals surface area contributed by atoms with Crippen LogP contribution < -0.4 is 15.8 Å². The number of nitrogens with zero attached hydrogens (tertiary/aromatic N) is 1. The van der Waals surface area contributed by atoms with Gasteiger partial charge in [0.25, 0.3) is 5.91 Å². The van der Waals surface area contributed by atoms with Gasteiger partial charge in [0.1, 0.15) is 17.3 Å². The fraction of sp³-hybridized carbons (Fsp3) is 0.0588. The number of halogens is 1. The van der Waals surface area contributed by atoms with E-state index in [2.05, 4.69) is 10.3 Å². The molecule has 0 radical (unpaired) electrons. The quantitative estimate of drug-likeness (QED) is 0.696. The van der Waals surface area contributed by atoms with Crippen LogP contribution in [0.25, 0.3) is 0 Å². The van der Waals surface area contributed by atoms with Crippen LogP contribution in [0.5, 0.6) is 11.5 Å². The molecule has 0 spiro atoms. The molecule has 7 heteroatoms. The van der Waals surface area contributed by atoms with Crippen molar-refractivity contribution in [2.24, 2.45) is 0 Å². The van der Waals surface area contributed by atoms with Gasteiger partial charge in [0.05, 0.1) is 11.3 Å². The summed E-state index contributed by atoms with van der Waals surface area (Å²) in [5.41, 5.74) is 7.32. The summed E-state index contributed by atoms with van der Waals surface area (Å²) in [6.45, 7) is 1.84. The molecule has 0 fully saturated rings. The smallest absolute Gasteiger partial charge is 0.259 e. The van der Waals surface area contributed by atoms with Crippen molar-refractivity contribution >= 4 is 28.1 Å². The zero-order valence-electron chi connectivity index (χ0n) is 12.7. The number of hydrogen-bond donors (Lipinski definition) is 2. The molecular weight excluding hydrogens is 329 g/mol. The molecule has 3 N–H and O–H groups in total. The highest BCUT2D eigenvalue weighted by atomic mass is 32.1. The number of carbonyl (C=O) groups is 1. The molecule has 5 nitrogen and oxygen atoms in total. The molecule has 122 valence electrons. The molecule has 2 aromatic carbocycles. The molecule has 0 aliphatic heterocycles. The van der Waals surface area contributed by atoms with Gasteiger partial charge in [-0.05, 0) is 49.4 Å². The maximum absolute atomic E-state index is 12.9. The lowest BCUT2D eigenvalue weighted by molar-refractivity contribution is 0.102. The molecule has 1 heterocycles. The van der Waals surface area contributed by atoms with Crippen molar-refractivity contribution in [3.63, 3.8) is 0 Å². The van der Waals surface area contributed by atoms with E-state index in [4.69, 9.17) is 10.5 Å². The Balaban J connectivity index is 1.80. The van der Waals surface area contributed by atoms with Crippen LogP contribution in [0.15, 0.2) is 47.8 Å². The highest BCUT2D eigenvalue weighted by molar-refractivity contribution is 7.13. The van der Waals surface area contributed by atoms with E-state index in [0.717, 1.165) is 5.69 Å². The van der Waals surface area contributed by atoms with Gasteiger partial charge in [-0.2, -0.15) is 0 Å². The van der Waals surface area contributed by atoms with Crippen molar-refractivity contribution in [2.75, 3.05) is 11.1 Å². The summed E-state index contributed by atoms with van der Waals surface area (Å²) in [6.07, 6.45) is 0. The first-order valence-electron chi connectivity index (χ1n) is 7.08. The summed E-state index contributed by atoms with van der Waals surface area (Å²) < 4.78 is 18.5. The van der Waals surface area contributed by atoms with Gasteiger partial charge >= 0.3 is 0 Å². The van der Waals surface area contributed by atoms with Gasteiger partial charge in [-0.15, -0.1) is 11.3 Å². The largest absolute Gasteiger partial charge is 0.457 e. The number of benzene rings is 2. The minimum absolute atomic E-state index is 0.280. The van der Waals surface area contributed by atoms with Gasteiger partial charge in [-0.1, -0.05) is 0 Å². The van der Waals surface area contributed by atoms with Crippen LogP contribution in [-0.2, 0) is 0 Å². The van der Waals surface area contributed by atoms with Crippen molar-refractivity contribution < 1.29 is 13.9 Å². The molecule has 3 aromatic rings. The molecule has 0 saturated heterocycles. The van der Waals surface area contributed by atoms with E-state index in [-0.39, 0.29) is 17.3 Å². The van der Waals surface area contributed by atoms with E-state index < -0.39 is 0 Å². The van der Waals surface area contributed by atoms with Gasteiger partial charge in [-0.3, -0.25) is 10.1 Å². The lowest BCUT2D eigenvalue weighted by Gasteiger charge is -2.10. The first-order chi connectivity index (χ1) is 11.5.